The highest BCUT2D eigenvalue weighted by Gasteiger charge is 2.17. The van der Waals surface area contributed by atoms with Crippen molar-refractivity contribution in [3.63, 3.8) is 0 Å². The second kappa shape index (κ2) is 8.83. The van der Waals surface area contributed by atoms with Crippen molar-refractivity contribution in [2.75, 3.05) is 26.7 Å². The predicted molar refractivity (Wildman–Crippen MR) is 88.2 cm³/mol. The molecular weight excluding hydrogens is 262 g/mol. The number of benzene rings is 1. The Bertz CT molecular complexity index is 453. The number of likely N-dealkylation sites (N-methyl/N-ethyl adjacent to an activating group) is 1. The van der Waals surface area contributed by atoms with Crippen LogP contribution in [0.25, 0.3) is 0 Å². The molecule has 3 nitrogen and oxygen atoms in total. The third-order valence-electron chi connectivity index (χ3n) is 4.14. The van der Waals surface area contributed by atoms with Gasteiger partial charge in [0.25, 0.3) is 0 Å². The average Bonchev–Trinajstić information content (AvgIpc) is 2.50. The number of ether oxygens (including phenoxy) is 1. The van der Waals surface area contributed by atoms with Gasteiger partial charge in [-0.3, -0.25) is 9.69 Å². The highest BCUT2D eigenvalue weighted by Crippen LogP contribution is 2.21. The van der Waals surface area contributed by atoms with E-state index in [1.807, 2.05) is 25.1 Å². The fourth-order valence-corrected chi connectivity index (χ4v) is 2.53. The van der Waals surface area contributed by atoms with E-state index in [0.29, 0.717) is 23.8 Å². The van der Waals surface area contributed by atoms with Gasteiger partial charge in [0, 0.05) is 6.54 Å². The Balaban J connectivity index is 2.78. The Morgan fingerprint density at radius 2 is 1.90 bits per heavy atom. The van der Waals surface area contributed by atoms with Crippen LogP contribution >= 0.6 is 0 Å². The van der Waals surface area contributed by atoms with Crippen molar-refractivity contribution in [2.24, 2.45) is 5.92 Å². The zero-order valence-electron chi connectivity index (χ0n) is 14.1. The average molecular weight is 291 g/mol. The summed E-state index contributed by atoms with van der Waals surface area (Å²) in [6.45, 7) is 10.9. The van der Waals surface area contributed by atoms with Crippen molar-refractivity contribution in [1.29, 1.82) is 0 Å². The first kappa shape index (κ1) is 17.7. The number of ketones is 1. The van der Waals surface area contributed by atoms with Crippen molar-refractivity contribution < 1.29 is 9.53 Å². The molecule has 21 heavy (non-hydrogen) atoms. The Morgan fingerprint density at radius 1 is 1.24 bits per heavy atom. The molecule has 1 rings (SSSR count). The number of carbonyl (C=O) groups excluding carboxylic acids is 1. The molecule has 0 spiro atoms. The molecule has 0 N–H and O–H groups in total. The van der Waals surface area contributed by atoms with Gasteiger partial charge in [0.15, 0.2) is 5.78 Å². The summed E-state index contributed by atoms with van der Waals surface area (Å²) in [5.74, 6) is 1.48. The van der Waals surface area contributed by atoms with Crippen LogP contribution in [0.5, 0.6) is 5.75 Å². The van der Waals surface area contributed by atoms with Crippen LogP contribution in [0.2, 0.25) is 0 Å². The number of aryl methyl sites for hydroxylation is 1. The Morgan fingerprint density at radius 3 is 2.43 bits per heavy atom. The summed E-state index contributed by atoms with van der Waals surface area (Å²) in [6, 6.07) is 5.76. The second-order valence-electron chi connectivity index (χ2n) is 5.64. The largest absolute Gasteiger partial charge is 0.496 e. The fourth-order valence-electron chi connectivity index (χ4n) is 2.53. The molecule has 0 saturated carbocycles. The van der Waals surface area contributed by atoms with Gasteiger partial charge in [-0.05, 0) is 37.1 Å². The predicted octanol–water partition coefficient (Wildman–Crippen LogP) is 3.94. The van der Waals surface area contributed by atoms with Gasteiger partial charge in [-0.15, -0.1) is 0 Å². The molecule has 0 fully saturated rings. The number of hydrogen-bond acceptors (Lipinski definition) is 3. The molecule has 0 unspecified atom stereocenters. The van der Waals surface area contributed by atoms with Gasteiger partial charge in [0.2, 0.25) is 0 Å². The number of Topliss-reactive ketones (excluding diaryl/α,β-unsaturated/α-hetero) is 1. The first-order valence-electron chi connectivity index (χ1n) is 7.95. The van der Waals surface area contributed by atoms with Crippen LogP contribution in [0.15, 0.2) is 18.2 Å². The van der Waals surface area contributed by atoms with E-state index in [-0.39, 0.29) is 5.78 Å². The Kier molecular flexibility index (Phi) is 7.44. The number of methoxy groups -OCH3 is 1. The lowest BCUT2D eigenvalue weighted by atomic mass is 10.0. The van der Waals surface area contributed by atoms with Gasteiger partial charge in [-0.25, -0.2) is 0 Å². The Labute approximate surface area is 129 Å². The summed E-state index contributed by atoms with van der Waals surface area (Å²) in [4.78, 5) is 14.8. The molecule has 1 aromatic carbocycles. The summed E-state index contributed by atoms with van der Waals surface area (Å²) in [7, 11) is 1.62. The molecule has 1 aromatic rings. The van der Waals surface area contributed by atoms with E-state index in [2.05, 4.69) is 25.7 Å². The first-order valence-corrected chi connectivity index (χ1v) is 7.95. The van der Waals surface area contributed by atoms with Crippen molar-refractivity contribution in [3.8, 4) is 5.75 Å². The molecule has 0 radical (unpaired) electrons. The van der Waals surface area contributed by atoms with E-state index < -0.39 is 0 Å². The summed E-state index contributed by atoms with van der Waals surface area (Å²) in [5, 5.41) is 0. The van der Waals surface area contributed by atoms with Gasteiger partial charge in [0.05, 0.1) is 19.2 Å². The molecular formula is C18H29NO2. The van der Waals surface area contributed by atoms with Gasteiger partial charge in [0.1, 0.15) is 5.75 Å². The molecule has 0 aliphatic carbocycles. The van der Waals surface area contributed by atoms with Gasteiger partial charge >= 0.3 is 0 Å². The summed E-state index contributed by atoms with van der Waals surface area (Å²) in [6.07, 6.45) is 2.32. The highest BCUT2D eigenvalue weighted by molar-refractivity contribution is 6.00. The molecule has 0 amide bonds. The van der Waals surface area contributed by atoms with Crippen LogP contribution in [0, 0.1) is 12.8 Å². The van der Waals surface area contributed by atoms with E-state index in [1.54, 1.807) is 7.11 Å². The minimum absolute atomic E-state index is 0.139. The molecule has 118 valence electrons. The lowest BCUT2D eigenvalue weighted by Crippen LogP contribution is -2.34. The molecule has 0 atom stereocenters. The van der Waals surface area contributed by atoms with Gasteiger partial charge in [-0.1, -0.05) is 39.7 Å². The third-order valence-corrected chi connectivity index (χ3v) is 4.14. The molecule has 0 saturated heterocycles. The maximum absolute atomic E-state index is 12.5. The molecule has 0 heterocycles. The number of carbonyl (C=O) groups is 1. The van der Waals surface area contributed by atoms with Crippen molar-refractivity contribution in [1.82, 2.24) is 4.90 Å². The van der Waals surface area contributed by atoms with E-state index in [0.717, 1.165) is 31.5 Å². The van der Waals surface area contributed by atoms with E-state index in [4.69, 9.17) is 4.74 Å². The number of nitrogens with zero attached hydrogens (tertiary/aromatic N) is 1. The molecule has 3 heteroatoms. The van der Waals surface area contributed by atoms with Crippen LogP contribution in [-0.2, 0) is 0 Å². The van der Waals surface area contributed by atoms with Gasteiger partial charge < -0.3 is 4.74 Å². The molecule has 0 aliphatic heterocycles. The van der Waals surface area contributed by atoms with E-state index in [9.17, 15) is 4.79 Å². The van der Waals surface area contributed by atoms with Crippen LogP contribution in [0.4, 0.5) is 0 Å². The zero-order chi connectivity index (χ0) is 15.8. The number of rotatable bonds is 9. The lowest BCUT2D eigenvalue weighted by Gasteiger charge is -2.24. The van der Waals surface area contributed by atoms with Crippen molar-refractivity contribution in [2.45, 2.75) is 40.5 Å². The lowest BCUT2D eigenvalue weighted by molar-refractivity contribution is 0.0917. The minimum Gasteiger partial charge on any atom is -0.496 e. The number of hydrogen-bond donors (Lipinski definition) is 0. The quantitative estimate of drug-likeness (QED) is 0.645. The smallest absolute Gasteiger partial charge is 0.180 e. The second-order valence-corrected chi connectivity index (χ2v) is 5.64. The normalized spacial score (nSPS) is 11.2. The van der Waals surface area contributed by atoms with Crippen molar-refractivity contribution >= 4 is 5.78 Å². The topological polar surface area (TPSA) is 29.5 Å². The molecule has 0 aromatic heterocycles. The van der Waals surface area contributed by atoms with Gasteiger partial charge in [-0.2, -0.15) is 0 Å². The standard InChI is InChI=1S/C18H29NO2/c1-6-15(7-2)12-19(8-3)13-17(20)16-10-9-14(4)11-18(16)21-5/h9-11,15H,6-8,12-13H2,1-5H3. The van der Waals surface area contributed by atoms with Crippen LogP contribution in [0.3, 0.4) is 0 Å². The SMILES string of the molecule is CCC(CC)CN(CC)CC(=O)c1ccc(C)cc1OC. The first-order chi connectivity index (χ1) is 10.0. The minimum atomic E-state index is 0.139. The third kappa shape index (κ3) is 5.16. The zero-order valence-corrected chi connectivity index (χ0v) is 14.1. The molecule has 0 bridgehead atoms. The van der Waals surface area contributed by atoms with Crippen molar-refractivity contribution in [3.05, 3.63) is 29.3 Å². The monoisotopic (exact) mass is 291 g/mol. The summed E-state index contributed by atoms with van der Waals surface area (Å²) in [5.41, 5.74) is 1.79. The maximum atomic E-state index is 12.5. The van der Waals surface area contributed by atoms with Crippen LogP contribution in [0.1, 0.15) is 49.5 Å². The fraction of sp³-hybridized carbons (Fsp3) is 0.611. The maximum Gasteiger partial charge on any atom is 0.180 e. The van der Waals surface area contributed by atoms with E-state index >= 15 is 0 Å². The van der Waals surface area contributed by atoms with Crippen LogP contribution < -0.4 is 4.74 Å². The van der Waals surface area contributed by atoms with Crippen LogP contribution in [-0.4, -0.2) is 37.4 Å². The highest BCUT2D eigenvalue weighted by atomic mass is 16.5. The summed E-state index contributed by atoms with van der Waals surface area (Å²) >= 11 is 0. The molecule has 0 aliphatic rings. The summed E-state index contributed by atoms with van der Waals surface area (Å²) < 4.78 is 5.35. The Hall–Kier alpha value is -1.35. The van der Waals surface area contributed by atoms with E-state index in [1.165, 1.54) is 0 Å².